The minimum absolute atomic E-state index is 0.452. The van der Waals surface area contributed by atoms with E-state index in [2.05, 4.69) is 60.7 Å². The monoisotopic (exact) mass is 390 g/mol. The van der Waals surface area contributed by atoms with Gasteiger partial charge in [-0.15, -0.1) is 0 Å². The molecule has 4 rings (SSSR count). The van der Waals surface area contributed by atoms with Crippen molar-refractivity contribution < 1.29 is 4.52 Å². The molecule has 2 aromatic heterocycles. The molecule has 7 heteroatoms. The Morgan fingerprint density at radius 1 is 1.21 bits per heavy atom. The first kappa shape index (κ1) is 19.1. The van der Waals surface area contributed by atoms with Crippen molar-refractivity contribution in [2.75, 3.05) is 26.7 Å². The maximum absolute atomic E-state index is 5.31. The van der Waals surface area contributed by atoms with Crippen LogP contribution in [0, 0.1) is 5.92 Å². The second-order valence-corrected chi connectivity index (χ2v) is 7.25. The van der Waals surface area contributed by atoms with Gasteiger partial charge < -0.3 is 14.7 Å². The lowest BCUT2D eigenvalue weighted by Crippen LogP contribution is -2.41. The van der Waals surface area contributed by atoms with Crippen LogP contribution in [0.5, 0.6) is 0 Å². The Labute approximate surface area is 170 Å². The van der Waals surface area contributed by atoms with Crippen molar-refractivity contribution in [1.82, 2.24) is 25.3 Å². The number of hydrogen-bond donors (Lipinski definition) is 1. The molecule has 3 heterocycles. The summed E-state index contributed by atoms with van der Waals surface area (Å²) in [5, 5.41) is 7.48. The van der Waals surface area contributed by atoms with E-state index in [1.54, 1.807) is 6.20 Å². The molecule has 0 bridgehead atoms. The van der Waals surface area contributed by atoms with E-state index in [1.807, 2.05) is 25.2 Å². The molecule has 1 aliphatic rings. The molecular formula is C22H26N6O. The number of pyridine rings is 1. The second kappa shape index (κ2) is 9.32. The Morgan fingerprint density at radius 2 is 2.07 bits per heavy atom. The third-order valence-electron chi connectivity index (χ3n) is 5.15. The van der Waals surface area contributed by atoms with Crippen molar-refractivity contribution in [1.29, 1.82) is 0 Å². The number of hydrogen-bond acceptors (Lipinski definition) is 5. The van der Waals surface area contributed by atoms with Crippen LogP contribution < -0.4 is 5.32 Å². The van der Waals surface area contributed by atoms with Gasteiger partial charge in [-0.05, 0) is 36.5 Å². The normalized spacial score (nSPS) is 16.9. The van der Waals surface area contributed by atoms with Crippen LogP contribution in [0.1, 0.15) is 17.8 Å². The largest absolute Gasteiger partial charge is 0.356 e. The van der Waals surface area contributed by atoms with Gasteiger partial charge in [0.2, 0.25) is 0 Å². The molecule has 3 aromatic rings. The SMILES string of the molecule is CN=C(NCCc1noc(-c2ccccn2)n1)N1CCC(Cc2ccccc2)C1. The molecule has 1 N–H and O–H groups in total. The number of aliphatic imine (C=N–C) groups is 1. The van der Waals surface area contributed by atoms with Gasteiger partial charge in [0.1, 0.15) is 5.69 Å². The number of nitrogens with one attached hydrogen (secondary N) is 1. The molecular weight excluding hydrogens is 364 g/mol. The van der Waals surface area contributed by atoms with Crippen LogP contribution in [0.3, 0.4) is 0 Å². The van der Waals surface area contributed by atoms with E-state index < -0.39 is 0 Å². The number of rotatable bonds is 6. The smallest absolute Gasteiger partial charge is 0.276 e. The maximum atomic E-state index is 5.31. The average Bonchev–Trinajstić information content (AvgIpc) is 3.43. The van der Waals surface area contributed by atoms with Crippen LogP contribution in [0.2, 0.25) is 0 Å². The van der Waals surface area contributed by atoms with Gasteiger partial charge in [0.15, 0.2) is 11.8 Å². The first-order valence-corrected chi connectivity index (χ1v) is 10.1. The Morgan fingerprint density at radius 3 is 2.86 bits per heavy atom. The molecule has 1 aliphatic heterocycles. The van der Waals surface area contributed by atoms with E-state index in [1.165, 1.54) is 12.0 Å². The molecule has 0 spiro atoms. The zero-order valence-electron chi connectivity index (χ0n) is 16.7. The summed E-state index contributed by atoms with van der Waals surface area (Å²) in [4.78, 5) is 15.5. The van der Waals surface area contributed by atoms with Gasteiger partial charge in [-0.2, -0.15) is 4.98 Å². The Bertz CT molecular complexity index is 925. The molecule has 1 atom stereocenters. The first-order chi connectivity index (χ1) is 14.3. The van der Waals surface area contributed by atoms with Crippen LogP contribution in [-0.4, -0.2) is 52.7 Å². The molecule has 150 valence electrons. The summed E-state index contributed by atoms with van der Waals surface area (Å²) in [7, 11) is 1.83. The zero-order chi connectivity index (χ0) is 19.9. The summed E-state index contributed by atoms with van der Waals surface area (Å²) in [6.45, 7) is 2.76. The molecule has 1 saturated heterocycles. The fourth-order valence-electron chi connectivity index (χ4n) is 3.71. The summed E-state index contributed by atoms with van der Waals surface area (Å²) >= 11 is 0. The molecule has 29 heavy (non-hydrogen) atoms. The quantitative estimate of drug-likeness (QED) is 0.515. The third kappa shape index (κ3) is 4.99. The summed E-state index contributed by atoms with van der Waals surface area (Å²) in [6, 6.07) is 16.3. The van der Waals surface area contributed by atoms with Crippen molar-refractivity contribution in [3.63, 3.8) is 0 Å². The standard InChI is InChI=1S/C22H26N6O/c1-23-22(28-14-11-18(16-28)15-17-7-3-2-4-8-17)25-13-10-20-26-21(29-27-20)19-9-5-6-12-24-19/h2-9,12,18H,10-11,13-16H2,1H3,(H,23,25). The molecule has 0 radical (unpaired) electrons. The van der Waals surface area contributed by atoms with E-state index in [-0.39, 0.29) is 0 Å². The molecule has 1 aromatic carbocycles. The van der Waals surface area contributed by atoms with Gasteiger partial charge in [0.05, 0.1) is 0 Å². The maximum Gasteiger partial charge on any atom is 0.276 e. The Kier molecular flexibility index (Phi) is 6.14. The van der Waals surface area contributed by atoms with Crippen LogP contribution >= 0.6 is 0 Å². The Balaban J connectivity index is 1.25. The van der Waals surface area contributed by atoms with Crippen molar-refractivity contribution in [3.8, 4) is 11.6 Å². The van der Waals surface area contributed by atoms with Gasteiger partial charge in [-0.1, -0.05) is 41.6 Å². The fraction of sp³-hybridized carbons (Fsp3) is 0.364. The van der Waals surface area contributed by atoms with Crippen LogP contribution in [-0.2, 0) is 12.8 Å². The van der Waals surface area contributed by atoms with Gasteiger partial charge in [-0.25, -0.2) is 0 Å². The lowest BCUT2D eigenvalue weighted by molar-refractivity contribution is 0.420. The highest BCUT2D eigenvalue weighted by Crippen LogP contribution is 2.21. The van der Waals surface area contributed by atoms with Crippen molar-refractivity contribution in [2.24, 2.45) is 10.9 Å². The van der Waals surface area contributed by atoms with E-state index in [4.69, 9.17) is 4.52 Å². The van der Waals surface area contributed by atoms with Crippen LogP contribution in [0.25, 0.3) is 11.6 Å². The summed E-state index contributed by atoms with van der Waals surface area (Å²) in [6.07, 6.45) is 4.68. The predicted molar refractivity (Wildman–Crippen MR) is 112 cm³/mol. The van der Waals surface area contributed by atoms with Gasteiger partial charge in [0.25, 0.3) is 5.89 Å². The van der Waals surface area contributed by atoms with Crippen molar-refractivity contribution in [2.45, 2.75) is 19.3 Å². The molecule has 1 fully saturated rings. The predicted octanol–water partition coefficient (Wildman–Crippen LogP) is 2.81. The van der Waals surface area contributed by atoms with Gasteiger partial charge in [-0.3, -0.25) is 9.98 Å². The minimum atomic E-state index is 0.452. The first-order valence-electron chi connectivity index (χ1n) is 10.1. The number of aromatic nitrogens is 3. The minimum Gasteiger partial charge on any atom is -0.356 e. The fourth-order valence-corrected chi connectivity index (χ4v) is 3.71. The van der Waals surface area contributed by atoms with E-state index >= 15 is 0 Å². The van der Waals surface area contributed by atoms with E-state index in [9.17, 15) is 0 Å². The summed E-state index contributed by atoms with van der Waals surface area (Å²) < 4.78 is 5.31. The number of guanidine groups is 1. The third-order valence-corrected chi connectivity index (χ3v) is 5.15. The topological polar surface area (TPSA) is 79.4 Å². The highest BCUT2D eigenvalue weighted by atomic mass is 16.5. The molecule has 7 nitrogen and oxygen atoms in total. The highest BCUT2D eigenvalue weighted by Gasteiger charge is 2.25. The summed E-state index contributed by atoms with van der Waals surface area (Å²) in [5.74, 6) is 2.72. The number of likely N-dealkylation sites (tertiary alicyclic amines) is 1. The Hall–Kier alpha value is -3.22. The highest BCUT2D eigenvalue weighted by molar-refractivity contribution is 5.80. The average molecular weight is 390 g/mol. The van der Waals surface area contributed by atoms with Crippen molar-refractivity contribution >= 4 is 5.96 Å². The number of nitrogens with zero attached hydrogens (tertiary/aromatic N) is 5. The van der Waals surface area contributed by atoms with E-state index in [0.29, 0.717) is 36.3 Å². The summed E-state index contributed by atoms with van der Waals surface area (Å²) in [5.41, 5.74) is 2.10. The molecule has 0 amide bonds. The lowest BCUT2D eigenvalue weighted by atomic mass is 9.99. The lowest BCUT2D eigenvalue weighted by Gasteiger charge is -2.21. The van der Waals surface area contributed by atoms with Gasteiger partial charge >= 0.3 is 0 Å². The van der Waals surface area contributed by atoms with Gasteiger partial charge in [0, 0.05) is 39.3 Å². The molecule has 0 aliphatic carbocycles. The second-order valence-electron chi connectivity index (χ2n) is 7.25. The molecule has 1 unspecified atom stereocenters. The van der Waals surface area contributed by atoms with Crippen LogP contribution in [0.4, 0.5) is 0 Å². The number of benzene rings is 1. The van der Waals surface area contributed by atoms with E-state index in [0.717, 1.165) is 25.5 Å². The molecule has 0 saturated carbocycles. The van der Waals surface area contributed by atoms with Crippen LogP contribution in [0.15, 0.2) is 64.2 Å². The van der Waals surface area contributed by atoms with Crippen molar-refractivity contribution in [3.05, 3.63) is 66.1 Å². The zero-order valence-corrected chi connectivity index (χ0v) is 16.7.